The molecule has 2 fully saturated rings. The summed E-state index contributed by atoms with van der Waals surface area (Å²) < 4.78 is 37.6. The van der Waals surface area contributed by atoms with Gasteiger partial charge in [-0.05, 0) is 42.5 Å². The van der Waals surface area contributed by atoms with E-state index in [-0.39, 0.29) is 10.8 Å². The molecule has 0 spiro atoms. The molecule has 2 aromatic rings. The summed E-state index contributed by atoms with van der Waals surface area (Å²) in [7, 11) is -1.95. The van der Waals surface area contributed by atoms with Crippen LogP contribution in [0.5, 0.6) is 5.75 Å². The number of rotatable bonds is 7. The number of carbonyl (C=O) groups is 1. The Morgan fingerprint density at radius 2 is 1.76 bits per heavy atom. The van der Waals surface area contributed by atoms with Crippen molar-refractivity contribution in [2.45, 2.75) is 4.90 Å². The molecule has 178 valence electrons. The first-order valence-electron chi connectivity index (χ1n) is 11.2. The Morgan fingerprint density at radius 1 is 1.06 bits per heavy atom. The van der Waals surface area contributed by atoms with Gasteiger partial charge in [0.15, 0.2) is 6.54 Å². The minimum absolute atomic E-state index is 0.121. The molecule has 0 aromatic heterocycles. The minimum Gasteiger partial charge on any atom is -0.497 e. The second-order valence-electron chi connectivity index (χ2n) is 8.20. The van der Waals surface area contributed by atoms with E-state index in [1.54, 1.807) is 25.3 Å². The van der Waals surface area contributed by atoms with Crippen molar-refractivity contribution in [3.05, 3.63) is 48.5 Å². The fourth-order valence-corrected chi connectivity index (χ4v) is 5.61. The summed E-state index contributed by atoms with van der Waals surface area (Å²) in [5.74, 6) is 0.713. The highest BCUT2D eigenvalue weighted by atomic mass is 32.2. The molecule has 2 N–H and O–H groups in total. The largest absolute Gasteiger partial charge is 0.497 e. The first-order chi connectivity index (χ1) is 16.0. The van der Waals surface area contributed by atoms with E-state index in [1.165, 1.54) is 15.3 Å². The average Bonchev–Trinajstić information content (AvgIpc) is 2.85. The minimum atomic E-state index is -3.60. The number of anilines is 2. The van der Waals surface area contributed by atoms with E-state index in [1.807, 2.05) is 12.1 Å². The Hall–Kier alpha value is -2.66. The van der Waals surface area contributed by atoms with Crippen molar-refractivity contribution in [1.29, 1.82) is 0 Å². The Bertz CT molecular complexity index is 1050. The van der Waals surface area contributed by atoms with Gasteiger partial charge in [0.25, 0.3) is 5.91 Å². The van der Waals surface area contributed by atoms with Crippen molar-refractivity contribution in [2.75, 3.05) is 76.4 Å². The highest BCUT2D eigenvalue weighted by Crippen LogP contribution is 2.21. The summed E-state index contributed by atoms with van der Waals surface area (Å²) in [5, 5.41) is 2.87. The zero-order valence-corrected chi connectivity index (χ0v) is 19.6. The van der Waals surface area contributed by atoms with Gasteiger partial charge in [0.2, 0.25) is 10.0 Å². The summed E-state index contributed by atoms with van der Waals surface area (Å²) in [6.45, 7) is 5.24. The van der Waals surface area contributed by atoms with Crippen molar-refractivity contribution in [2.24, 2.45) is 0 Å². The molecule has 2 aromatic carbocycles. The van der Waals surface area contributed by atoms with Crippen LogP contribution in [0, 0.1) is 0 Å². The van der Waals surface area contributed by atoms with Gasteiger partial charge in [0.1, 0.15) is 5.75 Å². The number of piperazine rings is 1. The molecule has 0 saturated carbocycles. The van der Waals surface area contributed by atoms with E-state index >= 15 is 0 Å². The Kier molecular flexibility index (Phi) is 7.49. The molecule has 0 unspecified atom stereocenters. The lowest BCUT2D eigenvalue weighted by atomic mass is 10.2. The molecular formula is C23H31N4O5S+. The first-order valence-corrected chi connectivity index (χ1v) is 12.6. The van der Waals surface area contributed by atoms with Crippen LogP contribution in [0.4, 0.5) is 11.4 Å². The lowest BCUT2D eigenvalue weighted by Gasteiger charge is -2.33. The van der Waals surface area contributed by atoms with Crippen LogP contribution in [0.15, 0.2) is 53.4 Å². The van der Waals surface area contributed by atoms with E-state index in [0.717, 1.165) is 37.6 Å². The van der Waals surface area contributed by atoms with Crippen molar-refractivity contribution in [1.82, 2.24) is 4.31 Å². The molecule has 2 aliphatic heterocycles. The van der Waals surface area contributed by atoms with Crippen molar-refractivity contribution in [3.8, 4) is 5.75 Å². The second kappa shape index (κ2) is 10.5. The number of hydrogen-bond acceptors (Lipinski definition) is 6. The third kappa shape index (κ3) is 5.83. The molecule has 0 bridgehead atoms. The predicted octanol–water partition coefficient (Wildman–Crippen LogP) is 0.0597. The number of morpholine rings is 1. The van der Waals surface area contributed by atoms with Crippen LogP contribution in [-0.4, -0.2) is 84.8 Å². The Morgan fingerprint density at radius 3 is 2.42 bits per heavy atom. The number of methoxy groups -OCH3 is 1. The second-order valence-corrected chi connectivity index (χ2v) is 10.1. The third-order valence-electron chi connectivity index (χ3n) is 6.04. The van der Waals surface area contributed by atoms with Gasteiger partial charge < -0.3 is 24.6 Å². The molecule has 2 aliphatic rings. The highest BCUT2D eigenvalue weighted by Gasteiger charge is 2.27. The van der Waals surface area contributed by atoms with Crippen molar-refractivity contribution >= 4 is 27.3 Å². The van der Waals surface area contributed by atoms with E-state index in [0.29, 0.717) is 38.5 Å². The molecule has 0 radical (unpaired) electrons. The number of nitrogens with zero attached hydrogens (tertiary/aromatic N) is 2. The zero-order chi connectivity index (χ0) is 23.3. The van der Waals surface area contributed by atoms with E-state index in [9.17, 15) is 13.2 Å². The van der Waals surface area contributed by atoms with Gasteiger partial charge in [0.05, 0.1) is 51.4 Å². The van der Waals surface area contributed by atoms with Crippen LogP contribution in [0.3, 0.4) is 0 Å². The quantitative estimate of drug-likeness (QED) is 0.589. The van der Waals surface area contributed by atoms with Gasteiger partial charge in [-0.1, -0.05) is 6.07 Å². The van der Waals surface area contributed by atoms with Gasteiger partial charge in [-0.3, -0.25) is 4.79 Å². The third-order valence-corrected chi connectivity index (χ3v) is 7.94. The number of ether oxygens (including phenoxy) is 2. The smallest absolute Gasteiger partial charge is 0.279 e. The molecule has 9 nitrogen and oxygen atoms in total. The molecule has 0 aliphatic carbocycles. The van der Waals surface area contributed by atoms with Gasteiger partial charge in [-0.25, -0.2) is 8.42 Å². The monoisotopic (exact) mass is 475 g/mol. The molecule has 10 heteroatoms. The van der Waals surface area contributed by atoms with Gasteiger partial charge in [-0.2, -0.15) is 4.31 Å². The van der Waals surface area contributed by atoms with Crippen molar-refractivity contribution in [3.63, 3.8) is 0 Å². The van der Waals surface area contributed by atoms with Crippen LogP contribution in [-0.2, 0) is 19.6 Å². The number of carbonyl (C=O) groups excluding carboxylic acids is 1. The summed E-state index contributed by atoms with van der Waals surface area (Å²) in [5.41, 5.74) is 1.64. The SMILES string of the molecule is COc1ccc(N2CC[NH+](CC(=O)Nc3cccc(S(=O)(=O)N4CCOCC4)c3)CC2)cc1. The maximum atomic E-state index is 12.9. The topological polar surface area (TPSA) is 92.6 Å². The summed E-state index contributed by atoms with van der Waals surface area (Å²) in [6.07, 6.45) is 0. The first kappa shape index (κ1) is 23.5. The summed E-state index contributed by atoms with van der Waals surface area (Å²) in [4.78, 5) is 16.3. The van der Waals surface area contributed by atoms with Gasteiger partial charge >= 0.3 is 0 Å². The number of amides is 1. The van der Waals surface area contributed by atoms with Crippen LogP contribution in [0.25, 0.3) is 0 Å². The normalized spacial score (nSPS) is 18.2. The summed E-state index contributed by atoms with van der Waals surface area (Å²) in [6, 6.07) is 14.5. The molecule has 4 rings (SSSR count). The lowest BCUT2D eigenvalue weighted by molar-refractivity contribution is -0.892. The number of quaternary nitrogens is 1. The molecular weight excluding hydrogens is 444 g/mol. The molecule has 1 amide bonds. The standard InChI is InChI=1S/C23H30N4O5S/c1-31-21-7-5-20(6-8-21)26-11-9-25(10-12-26)18-23(28)24-19-3-2-4-22(17-19)33(29,30)27-13-15-32-16-14-27/h2-8,17H,9-16,18H2,1H3,(H,24,28)/p+1. The Balaban J connectivity index is 1.30. The molecule has 2 heterocycles. The highest BCUT2D eigenvalue weighted by molar-refractivity contribution is 7.89. The number of sulfonamides is 1. The molecule has 33 heavy (non-hydrogen) atoms. The molecule has 0 atom stereocenters. The fraction of sp³-hybridized carbons (Fsp3) is 0.435. The van der Waals surface area contributed by atoms with Crippen molar-refractivity contribution < 1.29 is 27.6 Å². The van der Waals surface area contributed by atoms with Gasteiger partial charge in [-0.15, -0.1) is 0 Å². The fourth-order valence-electron chi connectivity index (χ4n) is 4.15. The maximum Gasteiger partial charge on any atom is 0.279 e. The number of benzene rings is 2. The van der Waals surface area contributed by atoms with Crippen LogP contribution in [0.1, 0.15) is 0 Å². The van der Waals surface area contributed by atoms with E-state index in [4.69, 9.17) is 9.47 Å². The van der Waals surface area contributed by atoms with Gasteiger partial charge in [0, 0.05) is 24.5 Å². The average molecular weight is 476 g/mol. The van der Waals surface area contributed by atoms with Crippen LogP contribution < -0.4 is 19.9 Å². The summed E-state index contributed by atoms with van der Waals surface area (Å²) >= 11 is 0. The van der Waals surface area contributed by atoms with E-state index in [2.05, 4.69) is 22.3 Å². The zero-order valence-electron chi connectivity index (χ0n) is 18.8. The molecule has 2 saturated heterocycles. The van der Waals surface area contributed by atoms with Crippen LogP contribution in [0.2, 0.25) is 0 Å². The Labute approximate surface area is 194 Å². The van der Waals surface area contributed by atoms with Crippen LogP contribution >= 0.6 is 0 Å². The predicted molar refractivity (Wildman–Crippen MR) is 125 cm³/mol. The number of hydrogen-bond donors (Lipinski definition) is 2. The maximum absolute atomic E-state index is 12.9. The van der Waals surface area contributed by atoms with E-state index < -0.39 is 10.0 Å². The number of nitrogens with one attached hydrogen (secondary N) is 2. The lowest BCUT2D eigenvalue weighted by Crippen LogP contribution is -3.15.